The molecule has 0 bridgehead atoms. The smallest absolute Gasteiger partial charge is 0.258 e. The summed E-state index contributed by atoms with van der Waals surface area (Å²) in [4.78, 5) is 19.7. The summed E-state index contributed by atoms with van der Waals surface area (Å²) in [5, 5.41) is 20.7. The number of sulfone groups is 1. The maximum Gasteiger partial charge on any atom is 0.364 e. The average molecular weight is 334 g/mol. The summed E-state index contributed by atoms with van der Waals surface area (Å²) in [5.74, 6) is 0. The number of rotatable bonds is 5. The van der Waals surface area contributed by atoms with Crippen LogP contribution in [0.4, 0.5) is 5.69 Å². The molecule has 118 valence electrons. The largest absolute Gasteiger partial charge is 0.364 e. The van der Waals surface area contributed by atoms with Gasteiger partial charge in [0.1, 0.15) is 0 Å². The summed E-state index contributed by atoms with van der Waals surface area (Å²) < 4.78 is 24.8. The molecule has 2 aromatic rings. The second-order valence-corrected chi connectivity index (χ2v) is 6.30. The van der Waals surface area contributed by atoms with Gasteiger partial charge in [-0.3, -0.25) is 20.2 Å². The fraction of sp³-hybridized carbons (Fsp3) is 0. The summed E-state index contributed by atoms with van der Waals surface area (Å²) in [6.07, 6.45) is 0.941. The van der Waals surface area contributed by atoms with Gasteiger partial charge in [0.2, 0.25) is 0 Å². The predicted octanol–water partition coefficient (Wildman–Crippen LogP) is 2.64. The van der Waals surface area contributed by atoms with Gasteiger partial charge in [0.15, 0.2) is 0 Å². The Morgan fingerprint density at radius 3 is 1.96 bits per heavy atom. The van der Waals surface area contributed by atoms with Crippen molar-refractivity contribution in [2.75, 3.05) is 0 Å². The van der Waals surface area contributed by atoms with Gasteiger partial charge in [-0.25, -0.2) is 8.42 Å². The monoisotopic (exact) mass is 334 g/mol. The lowest BCUT2D eigenvalue weighted by Crippen LogP contribution is -2.12. The molecule has 0 aliphatic heterocycles. The van der Waals surface area contributed by atoms with Gasteiger partial charge in [-0.15, -0.1) is 0 Å². The number of hydrogen-bond donors (Lipinski definition) is 0. The van der Waals surface area contributed by atoms with Crippen LogP contribution in [0, 0.1) is 20.2 Å². The number of hydrogen-bond acceptors (Lipinski definition) is 6. The molecule has 2 rings (SSSR count). The molecule has 0 unspecified atom stereocenters. The second-order valence-electron chi connectivity index (χ2n) is 4.40. The molecular formula is C14H10N2O6S. The molecule has 0 radical (unpaired) electrons. The maximum atomic E-state index is 12.4. The highest BCUT2D eigenvalue weighted by molar-refractivity contribution is 7.95. The minimum atomic E-state index is -4.40. The lowest BCUT2D eigenvalue weighted by atomic mass is 10.2. The lowest BCUT2D eigenvalue weighted by molar-refractivity contribution is -0.410. The second kappa shape index (κ2) is 6.36. The zero-order valence-corrected chi connectivity index (χ0v) is 12.3. The summed E-state index contributed by atoms with van der Waals surface area (Å²) >= 11 is 0. The van der Waals surface area contributed by atoms with Crippen LogP contribution >= 0.6 is 0 Å². The molecule has 0 aliphatic carbocycles. The van der Waals surface area contributed by atoms with E-state index in [2.05, 4.69) is 0 Å². The van der Waals surface area contributed by atoms with Crippen LogP contribution in [0.3, 0.4) is 0 Å². The molecule has 0 amide bonds. The van der Waals surface area contributed by atoms with Crippen LogP contribution in [-0.4, -0.2) is 18.3 Å². The van der Waals surface area contributed by atoms with E-state index in [0.717, 1.165) is 30.3 Å². The van der Waals surface area contributed by atoms with E-state index in [1.807, 2.05) is 0 Å². The van der Waals surface area contributed by atoms with Gasteiger partial charge >= 0.3 is 5.03 Å². The van der Waals surface area contributed by atoms with Gasteiger partial charge in [0.05, 0.1) is 14.7 Å². The number of nitro benzene ring substituents is 1. The Hall–Kier alpha value is -3.07. The average Bonchev–Trinajstić information content (AvgIpc) is 2.53. The molecule has 0 heterocycles. The zero-order valence-electron chi connectivity index (χ0n) is 11.5. The molecule has 0 N–H and O–H groups in total. The van der Waals surface area contributed by atoms with Crippen molar-refractivity contribution < 1.29 is 18.3 Å². The van der Waals surface area contributed by atoms with E-state index in [-0.39, 0.29) is 10.6 Å². The van der Waals surface area contributed by atoms with Crippen molar-refractivity contribution in [2.24, 2.45) is 0 Å². The van der Waals surface area contributed by atoms with Crippen LogP contribution in [0.25, 0.3) is 6.08 Å². The third-order valence-corrected chi connectivity index (χ3v) is 4.61. The van der Waals surface area contributed by atoms with Crippen molar-refractivity contribution in [3.05, 3.63) is 85.4 Å². The fourth-order valence-electron chi connectivity index (χ4n) is 1.79. The molecule has 0 aromatic heterocycles. The van der Waals surface area contributed by atoms with Crippen molar-refractivity contribution in [3.63, 3.8) is 0 Å². The van der Waals surface area contributed by atoms with E-state index in [1.54, 1.807) is 18.2 Å². The molecule has 0 fully saturated rings. The van der Waals surface area contributed by atoms with E-state index in [0.29, 0.717) is 5.56 Å². The fourth-order valence-corrected chi connectivity index (χ4v) is 3.01. The summed E-state index contributed by atoms with van der Waals surface area (Å²) in [6.45, 7) is 0. The van der Waals surface area contributed by atoms with Crippen LogP contribution in [0.2, 0.25) is 0 Å². The number of nitrogens with zero attached hydrogens (tertiary/aromatic N) is 2. The first kappa shape index (κ1) is 16.3. The molecule has 0 spiro atoms. The van der Waals surface area contributed by atoms with Crippen LogP contribution in [0.1, 0.15) is 5.56 Å². The Morgan fingerprint density at radius 2 is 1.48 bits per heavy atom. The molecule has 0 saturated heterocycles. The topological polar surface area (TPSA) is 120 Å². The van der Waals surface area contributed by atoms with Crippen molar-refractivity contribution in [1.82, 2.24) is 0 Å². The Balaban J connectivity index is 2.52. The highest BCUT2D eigenvalue weighted by Crippen LogP contribution is 2.24. The Kier molecular flexibility index (Phi) is 4.51. The molecule has 2 aromatic carbocycles. The first-order valence-corrected chi connectivity index (χ1v) is 7.71. The maximum absolute atomic E-state index is 12.4. The third kappa shape index (κ3) is 3.58. The first-order valence-electron chi connectivity index (χ1n) is 6.23. The summed E-state index contributed by atoms with van der Waals surface area (Å²) in [5.41, 5.74) is 0.0447. The van der Waals surface area contributed by atoms with Crippen molar-refractivity contribution in [3.8, 4) is 0 Å². The molecule has 0 aliphatic rings. The molecule has 23 heavy (non-hydrogen) atoms. The van der Waals surface area contributed by atoms with E-state index < -0.39 is 24.7 Å². The van der Waals surface area contributed by atoms with E-state index in [1.165, 1.54) is 12.1 Å². The summed E-state index contributed by atoms with van der Waals surface area (Å²) in [7, 11) is -4.40. The number of non-ortho nitro benzene ring substituents is 1. The molecule has 0 saturated carbocycles. The quantitative estimate of drug-likeness (QED) is 0.612. The van der Waals surface area contributed by atoms with Gasteiger partial charge in [-0.1, -0.05) is 30.3 Å². The first-order chi connectivity index (χ1) is 10.8. The lowest BCUT2D eigenvalue weighted by Gasteiger charge is -2.02. The van der Waals surface area contributed by atoms with Crippen molar-refractivity contribution in [2.45, 2.75) is 4.90 Å². The Morgan fingerprint density at radius 1 is 0.913 bits per heavy atom. The van der Waals surface area contributed by atoms with Crippen LogP contribution in [0.5, 0.6) is 0 Å². The minimum absolute atomic E-state index is 0.307. The predicted molar refractivity (Wildman–Crippen MR) is 81.7 cm³/mol. The van der Waals surface area contributed by atoms with Gasteiger partial charge in [0, 0.05) is 18.2 Å². The number of nitro groups is 2. The minimum Gasteiger partial charge on any atom is -0.258 e. The highest BCUT2D eigenvalue weighted by atomic mass is 32.2. The van der Waals surface area contributed by atoms with E-state index >= 15 is 0 Å². The van der Waals surface area contributed by atoms with E-state index in [9.17, 15) is 28.6 Å². The van der Waals surface area contributed by atoms with Gasteiger partial charge in [-0.2, -0.15) is 0 Å². The standard InChI is InChI=1S/C14H10N2O6S/c17-15(18)12-6-8-13(9-7-12)23(21,22)14(16(19)20)10-11-4-2-1-3-5-11/h1-10H/b14-10+. The normalized spacial score (nSPS) is 11.9. The Bertz CT molecular complexity index is 873. The Labute approximate surface area is 130 Å². The van der Waals surface area contributed by atoms with E-state index in [4.69, 9.17) is 0 Å². The van der Waals surface area contributed by atoms with Crippen LogP contribution < -0.4 is 0 Å². The van der Waals surface area contributed by atoms with Gasteiger partial charge in [-0.05, 0) is 17.7 Å². The third-order valence-electron chi connectivity index (χ3n) is 2.90. The van der Waals surface area contributed by atoms with Crippen LogP contribution in [-0.2, 0) is 9.84 Å². The SMILES string of the molecule is O=[N+]([O-])/C(=C\c1ccccc1)S(=O)(=O)c1ccc([N+](=O)[O-])cc1. The molecule has 0 atom stereocenters. The van der Waals surface area contributed by atoms with Gasteiger partial charge in [0.25, 0.3) is 15.5 Å². The zero-order chi connectivity index (χ0) is 17.0. The number of benzene rings is 2. The van der Waals surface area contributed by atoms with Crippen molar-refractivity contribution >= 4 is 21.6 Å². The van der Waals surface area contributed by atoms with Crippen molar-refractivity contribution in [1.29, 1.82) is 0 Å². The summed E-state index contributed by atoms with van der Waals surface area (Å²) in [6, 6.07) is 11.9. The molecule has 9 heteroatoms. The van der Waals surface area contributed by atoms with Gasteiger partial charge < -0.3 is 0 Å². The highest BCUT2D eigenvalue weighted by Gasteiger charge is 2.31. The molecule has 8 nitrogen and oxygen atoms in total. The van der Waals surface area contributed by atoms with Crippen LogP contribution in [0.15, 0.2) is 64.5 Å². The molecular weight excluding hydrogens is 324 g/mol.